The molecule has 4 heteroatoms. The fourth-order valence-corrected chi connectivity index (χ4v) is 3.26. The Morgan fingerprint density at radius 2 is 1.74 bits per heavy atom. The second kappa shape index (κ2) is 9.45. The Labute approximate surface area is 163 Å². The molecule has 0 aliphatic heterocycles. The van der Waals surface area contributed by atoms with Gasteiger partial charge in [-0.3, -0.25) is 4.79 Å². The number of aryl methyl sites for hydroxylation is 1. The number of nitrogens with one attached hydrogen (secondary N) is 1. The Morgan fingerprint density at radius 1 is 1.07 bits per heavy atom. The van der Waals surface area contributed by atoms with Crippen LogP contribution in [0.25, 0.3) is 0 Å². The summed E-state index contributed by atoms with van der Waals surface area (Å²) in [5, 5.41) is 3.59. The molecule has 27 heavy (non-hydrogen) atoms. The first kappa shape index (κ1) is 20.8. The van der Waals surface area contributed by atoms with E-state index in [2.05, 4.69) is 39.1 Å². The molecule has 0 aliphatic carbocycles. The van der Waals surface area contributed by atoms with Crippen molar-refractivity contribution in [3.8, 4) is 11.5 Å². The molecule has 0 spiro atoms. The number of anilines is 1. The van der Waals surface area contributed by atoms with Gasteiger partial charge in [0.05, 0.1) is 0 Å². The van der Waals surface area contributed by atoms with E-state index >= 15 is 0 Å². The van der Waals surface area contributed by atoms with Crippen molar-refractivity contribution in [1.29, 1.82) is 0 Å². The average Bonchev–Trinajstić information content (AvgIpc) is 2.63. The summed E-state index contributed by atoms with van der Waals surface area (Å²) in [6.07, 6.45) is 2.99. The van der Waals surface area contributed by atoms with Crippen molar-refractivity contribution in [3.05, 3.63) is 52.6 Å². The Morgan fingerprint density at radius 3 is 2.30 bits per heavy atom. The van der Waals surface area contributed by atoms with Crippen LogP contribution in [0.3, 0.4) is 0 Å². The number of amides is 1. The second-order valence-corrected chi connectivity index (χ2v) is 7.33. The van der Waals surface area contributed by atoms with Gasteiger partial charge < -0.3 is 15.8 Å². The fourth-order valence-electron chi connectivity index (χ4n) is 3.26. The standard InChI is InChI=1S/C23H32N2O2/c1-6-18-19(7-2)22(11-9-20(18)25-13-12-15(3)4)27-21-10-8-17(23(24)26)14-16(21)5/h8-11,14-15,25H,6-7,12-13H2,1-5H3,(H2,24,26). The van der Waals surface area contributed by atoms with Crippen LogP contribution in [0.1, 0.15) is 61.2 Å². The van der Waals surface area contributed by atoms with Crippen molar-refractivity contribution in [3.63, 3.8) is 0 Å². The first-order valence-electron chi connectivity index (χ1n) is 9.84. The molecular weight excluding hydrogens is 336 g/mol. The zero-order valence-electron chi connectivity index (χ0n) is 17.2. The maximum Gasteiger partial charge on any atom is 0.248 e. The molecule has 0 saturated carbocycles. The number of carbonyl (C=O) groups is 1. The van der Waals surface area contributed by atoms with E-state index in [4.69, 9.17) is 10.5 Å². The monoisotopic (exact) mass is 368 g/mol. The van der Waals surface area contributed by atoms with Crippen LogP contribution < -0.4 is 15.8 Å². The number of benzene rings is 2. The van der Waals surface area contributed by atoms with Gasteiger partial charge in [0, 0.05) is 17.8 Å². The zero-order valence-corrected chi connectivity index (χ0v) is 17.2. The summed E-state index contributed by atoms with van der Waals surface area (Å²) in [6, 6.07) is 9.44. The number of carbonyl (C=O) groups excluding carboxylic acids is 1. The molecule has 2 aromatic rings. The van der Waals surface area contributed by atoms with Crippen LogP contribution in [0.15, 0.2) is 30.3 Å². The van der Waals surface area contributed by atoms with Crippen molar-refractivity contribution in [2.75, 3.05) is 11.9 Å². The lowest BCUT2D eigenvalue weighted by atomic mass is 9.99. The van der Waals surface area contributed by atoms with Gasteiger partial charge in [-0.1, -0.05) is 27.7 Å². The molecule has 0 atom stereocenters. The van der Waals surface area contributed by atoms with Crippen LogP contribution in [0.4, 0.5) is 5.69 Å². The quantitative estimate of drug-likeness (QED) is 0.617. The van der Waals surface area contributed by atoms with Gasteiger partial charge in [0.1, 0.15) is 11.5 Å². The van der Waals surface area contributed by atoms with Crippen molar-refractivity contribution in [1.82, 2.24) is 0 Å². The molecule has 0 aromatic heterocycles. The molecule has 2 rings (SSSR count). The highest BCUT2D eigenvalue weighted by molar-refractivity contribution is 5.93. The van der Waals surface area contributed by atoms with Gasteiger partial charge >= 0.3 is 0 Å². The molecule has 4 nitrogen and oxygen atoms in total. The first-order chi connectivity index (χ1) is 12.9. The van der Waals surface area contributed by atoms with E-state index in [9.17, 15) is 4.79 Å². The van der Waals surface area contributed by atoms with Crippen LogP contribution in [0.2, 0.25) is 0 Å². The van der Waals surface area contributed by atoms with Crippen molar-refractivity contribution in [2.45, 2.75) is 53.9 Å². The van der Waals surface area contributed by atoms with Crippen molar-refractivity contribution >= 4 is 11.6 Å². The Kier molecular flexibility index (Phi) is 7.28. The smallest absolute Gasteiger partial charge is 0.248 e. The molecule has 2 aromatic carbocycles. The highest BCUT2D eigenvalue weighted by Crippen LogP contribution is 2.34. The number of rotatable bonds is 9. The maximum absolute atomic E-state index is 11.3. The predicted molar refractivity (Wildman–Crippen MR) is 113 cm³/mol. The van der Waals surface area contributed by atoms with Gasteiger partial charge in [0.15, 0.2) is 0 Å². The molecule has 3 N–H and O–H groups in total. The lowest BCUT2D eigenvalue weighted by Gasteiger charge is -2.19. The molecular formula is C23H32N2O2. The van der Waals surface area contributed by atoms with Gasteiger partial charge in [-0.05, 0) is 79.1 Å². The molecule has 0 fully saturated rings. The van der Waals surface area contributed by atoms with E-state index < -0.39 is 5.91 Å². The summed E-state index contributed by atoms with van der Waals surface area (Å²) in [5.74, 6) is 1.88. The van der Waals surface area contributed by atoms with E-state index in [0.29, 0.717) is 11.5 Å². The summed E-state index contributed by atoms with van der Waals surface area (Å²) in [4.78, 5) is 11.3. The van der Waals surface area contributed by atoms with E-state index in [1.54, 1.807) is 12.1 Å². The molecule has 146 valence electrons. The predicted octanol–water partition coefficient (Wildman–Crippen LogP) is 5.47. The topological polar surface area (TPSA) is 64.3 Å². The minimum atomic E-state index is -0.427. The minimum Gasteiger partial charge on any atom is -0.457 e. The molecule has 0 bridgehead atoms. The van der Waals surface area contributed by atoms with Gasteiger partial charge in [0.2, 0.25) is 5.91 Å². The Bertz CT molecular complexity index is 797. The number of nitrogens with two attached hydrogens (primary N) is 1. The molecule has 0 heterocycles. The van der Waals surface area contributed by atoms with Crippen LogP contribution in [-0.4, -0.2) is 12.5 Å². The number of primary amides is 1. The van der Waals surface area contributed by atoms with Crippen LogP contribution in [-0.2, 0) is 12.8 Å². The lowest BCUT2D eigenvalue weighted by molar-refractivity contribution is 0.1000. The molecule has 0 aliphatic rings. The number of hydrogen-bond donors (Lipinski definition) is 2. The highest BCUT2D eigenvalue weighted by atomic mass is 16.5. The summed E-state index contributed by atoms with van der Waals surface area (Å²) < 4.78 is 6.23. The number of hydrogen-bond acceptors (Lipinski definition) is 3. The SMILES string of the molecule is CCc1c(NCCC(C)C)ccc(Oc2ccc(C(N)=O)cc2C)c1CC. The summed E-state index contributed by atoms with van der Waals surface area (Å²) in [7, 11) is 0. The Balaban J connectivity index is 2.30. The number of ether oxygens (including phenoxy) is 1. The Hall–Kier alpha value is -2.49. The van der Waals surface area contributed by atoms with Gasteiger partial charge in [-0.2, -0.15) is 0 Å². The van der Waals surface area contributed by atoms with Gasteiger partial charge in [-0.15, -0.1) is 0 Å². The zero-order chi connectivity index (χ0) is 20.0. The third kappa shape index (κ3) is 5.25. The summed E-state index contributed by atoms with van der Waals surface area (Å²) >= 11 is 0. The molecule has 0 unspecified atom stereocenters. The third-order valence-electron chi connectivity index (χ3n) is 4.81. The van der Waals surface area contributed by atoms with Crippen molar-refractivity contribution < 1.29 is 9.53 Å². The van der Waals surface area contributed by atoms with Gasteiger partial charge in [0.25, 0.3) is 0 Å². The van der Waals surface area contributed by atoms with E-state index in [1.807, 2.05) is 19.1 Å². The molecule has 0 saturated heterocycles. The average molecular weight is 369 g/mol. The minimum absolute atomic E-state index is 0.427. The molecule has 0 radical (unpaired) electrons. The highest BCUT2D eigenvalue weighted by Gasteiger charge is 2.14. The fraction of sp³-hybridized carbons (Fsp3) is 0.435. The van der Waals surface area contributed by atoms with Crippen molar-refractivity contribution in [2.24, 2.45) is 11.7 Å². The first-order valence-corrected chi connectivity index (χ1v) is 9.84. The van der Waals surface area contributed by atoms with E-state index in [-0.39, 0.29) is 0 Å². The van der Waals surface area contributed by atoms with E-state index in [0.717, 1.165) is 42.9 Å². The normalized spacial score (nSPS) is 10.9. The van der Waals surface area contributed by atoms with Crippen LogP contribution in [0, 0.1) is 12.8 Å². The largest absolute Gasteiger partial charge is 0.457 e. The summed E-state index contributed by atoms with van der Waals surface area (Å²) in [5.41, 5.74) is 10.5. The van der Waals surface area contributed by atoms with E-state index in [1.165, 1.54) is 16.8 Å². The van der Waals surface area contributed by atoms with Crippen LogP contribution in [0.5, 0.6) is 11.5 Å². The second-order valence-electron chi connectivity index (χ2n) is 7.33. The van der Waals surface area contributed by atoms with Crippen LogP contribution >= 0.6 is 0 Å². The summed E-state index contributed by atoms with van der Waals surface area (Å²) in [6.45, 7) is 11.7. The third-order valence-corrected chi connectivity index (χ3v) is 4.81. The lowest BCUT2D eigenvalue weighted by Crippen LogP contribution is -2.11. The maximum atomic E-state index is 11.3. The molecule has 1 amide bonds. The van der Waals surface area contributed by atoms with Gasteiger partial charge in [-0.25, -0.2) is 0 Å².